The lowest BCUT2D eigenvalue weighted by molar-refractivity contribution is -0.123. The Morgan fingerprint density at radius 1 is 0.359 bits per heavy atom. The molecule has 2 rings (SSSR count). The minimum atomic E-state index is 0.178. The van der Waals surface area contributed by atoms with Gasteiger partial charge in [-0.2, -0.15) is 0 Å². The smallest absolute Gasteiger partial charge is 0.140 e. The molecule has 370 valence electrons. The lowest BCUT2D eigenvalue weighted by atomic mass is 9.88. The molecular weight excluding hydrogens is 953 g/mol. The van der Waals surface area contributed by atoms with Crippen LogP contribution in [0.4, 0.5) is 0 Å². The van der Waals surface area contributed by atoms with Crippen LogP contribution in [0.25, 0.3) is 9.75 Å². The number of unbranched alkanes of at least 4 members (excludes halogenated alkanes) is 32. The van der Waals surface area contributed by atoms with E-state index in [2.05, 4.69) is 71.7 Å². The highest BCUT2D eigenvalue weighted by molar-refractivity contribution is 9.11. The van der Waals surface area contributed by atoms with Crippen LogP contribution in [0, 0.1) is 11.8 Å². The second-order valence-corrected chi connectivity index (χ2v) is 24.7. The van der Waals surface area contributed by atoms with Gasteiger partial charge < -0.3 is 0 Å². The Hall–Kier alpha value is -0.300. The maximum Gasteiger partial charge on any atom is 0.140 e. The Kier molecular flexibility index (Phi) is 38.9. The molecule has 0 saturated heterocycles. The Labute approximate surface area is 422 Å². The average molecular weight is 1050 g/mol. The van der Waals surface area contributed by atoms with Crippen LogP contribution in [0.15, 0.2) is 19.7 Å². The molecule has 2 heterocycles. The molecule has 2 aromatic rings. The van der Waals surface area contributed by atoms with Crippen LogP contribution in [-0.2, 0) is 22.4 Å². The highest BCUT2D eigenvalue weighted by atomic mass is 79.9. The SMILES string of the molecule is CCCCCCCCCCCCC(CCCCCCCCCC)C(=O)Cc1cc(-c2cc(CC(=O)C(CCCCCCCCCC)CCCCCCCCCCCC)c(Br)s2)sc1Br. The summed E-state index contributed by atoms with van der Waals surface area (Å²) in [5, 5.41) is 0. The first-order valence-electron chi connectivity index (χ1n) is 28.0. The predicted molar refractivity (Wildman–Crippen MR) is 295 cm³/mol. The summed E-state index contributed by atoms with van der Waals surface area (Å²) in [6.07, 6.45) is 53.0. The molecular formula is C58H100Br2O2S2. The van der Waals surface area contributed by atoms with E-state index in [-0.39, 0.29) is 11.8 Å². The van der Waals surface area contributed by atoms with Crippen LogP contribution in [0.2, 0.25) is 0 Å². The molecule has 0 aliphatic heterocycles. The molecule has 0 saturated carbocycles. The van der Waals surface area contributed by atoms with Gasteiger partial charge in [-0.3, -0.25) is 9.59 Å². The van der Waals surface area contributed by atoms with Crippen molar-refractivity contribution in [1.29, 1.82) is 0 Å². The van der Waals surface area contributed by atoms with Crippen LogP contribution >= 0.6 is 54.5 Å². The van der Waals surface area contributed by atoms with Crippen molar-refractivity contribution in [2.75, 3.05) is 0 Å². The van der Waals surface area contributed by atoms with E-state index in [1.54, 1.807) is 22.7 Å². The van der Waals surface area contributed by atoms with Crippen molar-refractivity contribution in [2.24, 2.45) is 11.8 Å². The van der Waals surface area contributed by atoms with E-state index >= 15 is 0 Å². The molecule has 0 aliphatic carbocycles. The third kappa shape index (κ3) is 29.6. The summed E-state index contributed by atoms with van der Waals surface area (Å²) in [5.74, 6) is 1.23. The molecule has 0 amide bonds. The van der Waals surface area contributed by atoms with Crippen molar-refractivity contribution in [3.63, 3.8) is 0 Å². The third-order valence-corrected chi connectivity index (χ3v) is 18.1. The summed E-state index contributed by atoms with van der Waals surface area (Å²) in [5.41, 5.74) is 2.27. The molecule has 64 heavy (non-hydrogen) atoms. The maximum atomic E-state index is 14.1. The van der Waals surface area contributed by atoms with E-state index in [0.29, 0.717) is 24.4 Å². The minimum Gasteiger partial charge on any atom is -0.299 e. The van der Waals surface area contributed by atoms with Gasteiger partial charge in [0.25, 0.3) is 0 Å². The Balaban J connectivity index is 2.00. The van der Waals surface area contributed by atoms with Gasteiger partial charge in [-0.25, -0.2) is 0 Å². The largest absolute Gasteiger partial charge is 0.299 e. The lowest BCUT2D eigenvalue weighted by Crippen LogP contribution is -2.17. The summed E-state index contributed by atoms with van der Waals surface area (Å²) in [7, 11) is 0. The van der Waals surface area contributed by atoms with Gasteiger partial charge in [0, 0.05) is 34.4 Å². The van der Waals surface area contributed by atoms with E-state index in [4.69, 9.17) is 0 Å². The summed E-state index contributed by atoms with van der Waals surface area (Å²) in [4.78, 5) is 30.6. The third-order valence-electron chi connectivity index (χ3n) is 14.0. The summed E-state index contributed by atoms with van der Waals surface area (Å²) < 4.78 is 2.18. The van der Waals surface area contributed by atoms with Gasteiger partial charge >= 0.3 is 0 Å². The van der Waals surface area contributed by atoms with Gasteiger partial charge in [0.15, 0.2) is 0 Å². The van der Waals surface area contributed by atoms with Crippen LogP contribution in [0.5, 0.6) is 0 Å². The van der Waals surface area contributed by atoms with Gasteiger partial charge in [-0.1, -0.05) is 259 Å². The van der Waals surface area contributed by atoms with Crippen molar-refractivity contribution in [3.05, 3.63) is 30.8 Å². The first-order valence-corrected chi connectivity index (χ1v) is 31.2. The minimum absolute atomic E-state index is 0.178. The zero-order valence-electron chi connectivity index (χ0n) is 42.4. The first kappa shape index (κ1) is 59.8. The van der Waals surface area contributed by atoms with Crippen LogP contribution in [-0.4, -0.2) is 11.6 Å². The number of thiophene rings is 2. The van der Waals surface area contributed by atoms with Gasteiger partial charge in [0.1, 0.15) is 11.6 Å². The van der Waals surface area contributed by atoms with Crippen molar-refractivity contribution >= 4 is 66.1 Å². The van der Waals surface area contributed by atoms with Crippen LogP contribution in [0.1, 0.15) is 296 Å². The number of halogens is 2. The quantitative estimate of drug-likeness (QED) is 0.0619. The van der Waals surface area contributed by atoms with Gasteiger partial charge in [-0.15, -0.1) is 22.7 Å². The topological polar surface area (TPSA) is 34.1 Å². The fourth-order valence-corrected chi connectivity index (χ4v) is 13.1. The van der Waals surface area contributed by atoms with Crippen molar-refractivity contribution in [1.82, 2.24) is 0 Å². The Morgan fingerprint density at radius 2 is 0.562 bits per heavy atom. The molecule has 2 nitrogen and oxygen atoms in total. The van der Waals surface area contributed by atoms with E-state index in [9.17, 15) is 9.59 Å². The molecule has 2 aromatic heterocycles. The second kappa shape index (κ2) is 41.7. The molecule has 2 unspecified atom stereocenters. The fourth-order valence-electron chi connectivity index (χ4n) is 9.70. The van der Waals surface area contributed by atoms with E-state index < -0.39 is 0 Å². The van der Waals surface area contributed by atoms with E-state index in [1.807, 2.05) is 0 Å². The van der Waals surface area contributed by atoms with E-state index in [0.717, 1.165) is 44.4 Å². The monoisotopic (exact) mass is 1050 g/mol. The normalized spacial score (nSPS) is 12.7. The summed E-state index contributed by atoms with van der Waals surface area (Å²) in [6.45, 7) is 9.16. The first-order chi connectivity index (χ1) is 31.3. The van der Waals surface area contributed by atoms with Gasteiger partial charge in [0.05, 0.1) is 7.57 Å². The molecule has 0 bridgehead atoms. The number of Topliss-reactive ketones (excluding diaryl/α,β-unsaturated/α-hetero) is 2. The molecule has 6 heteroatoms. The second-order valence-electron chi connectivity index (χ2n) is 20.0. The summed E-state index contributed by atoms with van der Waals surface area (Å²) in [6, 6.07) is 4.53. The Morgan fingerprint density at radius 3 is 0.781 bits per heavy atom. The zero-order chi connectivity index (χ0) is 46.3. The van der Waals surface area contributed by atoms with Crippen molar-refractivity contribution in [2.45, 2.75) is 297 Å². The molecule has 0 spiro atoms. The lowest BCUT2D eigenvalue weighted by Gasteiger charge is -2.16. The predicted octanol–water partition coefficient (Wildman–Crippen LogP) is 22.1. The standard InChI is InChI=1S/C58H100Br2O2S2/c1-5-9-13-17-21-25-27-31-35-39-43-49(41-37-33-29-23-19-15-11-7-3)53(61)45-51-47-55(63-57(51)59)56-48-52(58(60)64-56)46-54(62)50(42-38-34-30-24-20-16-12-8-4)44-40-36-32-28-26-22-18-14-10-6-2/h47-50H,5-46H2,1-4H3. The average Bonchev–Trinajstić information content (AvgIpc) is 3.85. The molecule has 0 N–H and O–H groups in total. The van der Waals surface area contributed by atoms with E-state index in [1.165, 1.54) is 241 Å². The molecule has 0 fully saturated rings. The molecule has 0 aliphatic rings. The number of hydrogen-bond donors (Lipinski definition) is 0. The molecule has 0 aromatic carbocycles. The van der Waals surface area contributed by atoms with Crippen LogP contribution < -0.4 is 0 Å². The number of hydrogen-bond acceptors (Lipinski definition) is 4. The fraction of sp³-hybridized carbons (Fsp3) is 0.828. The number of carbonyl (C=O) groups excluding carboxylic acids is 2. The highest BCUT2D eigenvalue weighted by Gasteiger charge is 2.23. The van der Waals surface area contributed by atoms with Gasteiger partial charge in [-0.05, 0) is 80.8 Å². The van der Waals surface area contributed by atoms with Crippen molar-refractivity contribution in [3.8, 4) is 9.75 Å². The highest BCUT2D eigenvalue weighted by Crippen LogP contribution is 2.42. The molecule has 0 radical (unpaired) electrons. The van der Waals surface area contributed by atoms with Crippen molar-refractivity contribution < 1.29 is 9.59 Å². The number of ketones is 2. The van der Waals surface area contributed by atoms with Crippen LogP contribution in [0.3, 0.4) is 0 Å². The summed E-state index contributed by atoms with van der Waals surface area (Å²) >= 11 is 11.3. The number of carbonyl (C=O) groups is 2. The van der Waals surface area contributed by atoms with Gasteiger partial charge in [0.2, 0.25) is 0 Å². The Bertz CT molecular complexity index is 1290. The zero-order valence-corrected chi connectivity index (χ0v) is 47.2. The maximum absolute atomic E-state index is 14.1. The molecule has 2 atom stereocenters. The number of rotatable bonds is 47.